The van der Waals surface area contributed by atoms with Crippen LogP contribution in [0, 0.1) is 5.92 Å². The van der Waals surface area contributed by atoms with Crippen LogP contribution in [0.5, 0.6) is 0 Å². The first kappa shape index (κ1) is 15.1. The summed E-state index contributed by atoms with van der Waals surface area (Å²) in [6.45, 7) is 4.66. The van der Waals surface area contributed by atoms with Crippen LogP contribution in [0.1, 0.15) is 24.3 Å². The van der Waals surface area contributed by atoms with E-state index >= 15 is 0 Å². The number of rotatable bonds is 5. The highest BCUT2D eigenvalue weighted by atomic mass is 16.2. The molecule has 118 valence electrons. The normalized spacial score (nSPS) is 12.5. The number of nitrogens with one attached hydrogen (secondary N) is 1. The molecule has 0 aliphatic rings. The van der Waals surface area contributed by atoms with E-state index in [9.17, 15) is 4.79 Å². The lowest BCUT2D eigenvalue weighted by atomic mass is 10.0. The summed E-state index contributed by atoms with van der Waals surface area (Å²) in [5, 5.41) is 7.09. The average molecular weight is 310 g/mol. The Morgan fingerprint density at radius 2 is 2.04 bits per heavy atom. The Morgan fingerprint density at radius 1 is 1.26 bits per heavy atom. The number of para-hydroxylation sites is 2. The minimum Gasteiger partial charge on any atom is -0.346 e. The van der Waals surface area contributed by atoms with E-state index in [1.807, 2.05) is 38.1 Å². The molecule has 0 fully saturated rings. The molecule has 0 spiro atoms. The van der Waals surface area contributed by atoms with Crippen molar-refractivity contribution in [3.63, 3.8) is 0 Å². The van der Waals surface area contributed by atoms with Crippen LogP contribution in [0.2, 0.25) is 0 Å². The number of hydrogen-bond donors (Lipinski definition) is 1. The Bertz CT molecular complexity index is 799. The van der Waals surface area contributed by atoms with Gasteiger partial charge in [0, 0.05) is 0 Å². The molecule has 3 aromatic rings. The van der Waals surface area contributed by atoms with Crippen LogP contribution in [-0.2, 0) is 6.54 Å². The number of carbonyl (C=O) groups is 1. The Balaban J connectivity index is 1.77. The second kappa shape index (κ2) is 6.51. The van der Waals surface area contributed by atoms with Crippen molar-refractivity contribution >= 4 is 16.9 Å². The molecule has 7 heteroatoms. The lowest BCUT2D eigenvalue weighted by molar-refractivity contribution is 0.0914. The molecule has 0 aliphatic heterocycles. The Hall–Kier alpha value is -2.83. The molecule has 0 unspecified atom stereocenters. The standard InChI is InChI=1S/C16H18N6O/c1-11(2)15(8-22-10-17-9-19-22)21-16(23)14-7-18-12-5-3-4-6-13(12)20-14/h3-7,9-11,15H,8H2,1-2H3,(H,21,23)/t15-/m0/s1. The van der Waals surface area contributed by atoms with E-state index < -0.39 is 0 Å². The lowest BCUT2D eigenvalue weighted by Gasteiger charge is -2.22. The topological polar surface area (TPSA) is 85.6 Å². The molecular weight excluding hydrogens is 292 g/mol. The van der Waals surface area contributed by atoms with Crippen LogP contribution in [-0.4, -0.2) is 36.7 Å². The van der Waals surface area contributed by atoms with Gasteiger partial charge in [-0.3, -0.25) is 14.5 Å². The van der Waals surface area contributed by atoms with Gasteiger partial charge in [0.1, 0.15) is 18.3 Å². The molecule has 2 aromatic heterocycles. The molecule has 0 aliphatic carbocycles. The monoisotopic (exact) mass is 310 g/mol. The summed E-state index contributed by atoms with van der Waals surface area (Å²) in [6.07, 6.45) is 4.62. The quantitative estimate of drug-likeness (QED) is 0.775. The van der Waals surface area contributed by atoms with Gasteiger partial charge in [-0.2, -0.15) is 5.10 Å². The van der Waals surface area contributed by atoms with Crippen LogP contribution >= 0.6 is 0 Å². The number of carbonyl (C=O) groups excluding carboxylic acids is 1. The van der Waals surface area contributed by atoms with Gasteiger partial charge in [0.2, 0.25) is 0 Å². The van der Waals surface area contributed by atoms with Gasteiger partial charge in [-0.1, -0.05) is 26.0 Å². The van der Waals surface area contributed by atoms with Gasteiger partial charge in [-0.05, 0) is 18.1 Å². The first-order valence-electron chi connectivity index (χ1n) is 7.48. The molecule has 1 atom stereocenters. The number of benzene rings is 1. The Kier molecular flexibility index (Phi) is 4.27. The summed E-state index contributed by atoms with van der Waals surface area (Å²) in [4.78, 5) is 25.1. The van der Waals surface area contributed by atoms with E-state index in [-0.39, 0.29) is 17.9 Å². The molecule has 0 saturated heterocycles. The molecule has 1 N–H and O–H groups in total. The van der Waals surface area contributed by atoms with Crippen LogP contribution in [0.4, 0.5) is 0 Å². The largest absolute Gasteiger partial charge is 0.346 e. The average Bonchev–Trinajstić information content (AvgIpc) is 3.06. The van der Waals surface area contributed by atoms with Crippen molar-refractivity contribution in [2.75, 3.05) is 0 Å². The van der Waals surface area contributed by atoms with Gasteiger partial charge in [0.05, 0.1) is 29.8 Å². The minimum absolute atomic E-state index is 0.0718. The molecule has 7 nitrogen and oxygen atoms in total. The van der Waals surface area contributed by atoms with Gasteiger partial charge in [0.15, 0.2) is 0 Å². The zero-order valence-electron chi connectivity index (χ0n) is 13.0. The molecule has 0 radical (unpaired) electrons. The SMILES string of the molecule is CC(C)[C@H](Cn1cncn1)NC(=O)c1cnc2ccccc2n1. The summed E-state index contributed by atoms with van der Waals surface area (Å²) in [6, 6.07) is 7.40. The fourth-order valence-electron chi connectivity index (χ4n) is 2.26. The third-order valence-corrected chi connectivity index (χ3v) is 3.65. The summed E-state index contributed by atoms with van der Waals surface area (Å²) in [5.41, 5.74) is 1.79. The third kappa shape index (κ3) is 3.50. The summed E-state index contributed by atoms with van der Waals surface area (Å²) in [7, 11) is 0. The van der Waals surface area contributed by atoms with Gasteiger partial charge >= 0.3 is 0 Å². The van der Waals surface area contributed by atoms with Crippen LogP contribution < -0.4 is 5.32 Å². The highest BCUT2D eigenvalue weighted by Gasteiger charge is 2.19. The van der Waals surface area contributed by atoms with Crippen molar-refractivity contribution in [1.29, 1.82) is 0 Å². The van der Waals surface area contributed by atoms with Crippen LogP contribution in [0.15, 0.2) is 43.1 Å². The summed E-state index contributed by atoms with van der Waals surface area (Å²) >= 11 is 0. The van der Waals surface area contributed by atoms with Crippen LogP contribution in [0.3, 0.4) is 0 Å². The predicted octanol–water partition coefficient (Wildman–Crippen LogP) is 1.68. The molecule has 3 rings (SSSR count). The number of fused-ring (bicyclic) bond motifs is 1. The van der Waals surface area contributed by atoms with E-state index in [0.29, 0.717) is 17.8 Å². The van der Waals surface area contributed by atoms with Crippen molar-refractivity contribution < 1.29 is 4.79 Å². The number of amides is 1. The lowest BCUT2D eigenvalue weighted by Crippen LogP contribution is -2.42. The maximum absolute atomic E-state index is 12.5. The third-order valence-electron chi connectivity index (χ3n) is 3.65. The highest BCUT2D eigenvalue weighted by molar-refractivity contribution is 5.93. The molecule has 0 saturated carbocycles. The Morgan fingerprint density at radius 3 is 2.74 bits per heavy atom. The molecule has 2 heterocycles. The van der Waals surface area contributed by atoms with Gasteiger partial charge in [0.25, 0.3) is 5.91 Å². The fraction of sp³-hybridized carbons (Fsp3) is 0.312. The number of nitrogens with zero attached hydrogens (tertiary/aromatic N) is 5. The van der Waals surface area contributed by atoms with Crippen molar-refractivity contribution in [2.24, 2.45) is 5.92 Å². The zero-order valence-corrected chi connectivity index (χ0v) is 13.0. The summed E-state index contributed by atoms with van der Waals surface area (Å²) in [5.74, 6) is 0.0126. The molecule has 1 aromatic carbocycles. The fourth-order valence-corrected chi connectivity index (χ4v) is 2.26. The molecule has 1 amide bonds. The van der Waals surface area contributed by atoms with Crippen molar-refractivity contribution in [2.45, 2.75) is 26.4 Å². The zero-order chi connectivity index (χ0) is 16.2. The van der Waals surface area contributed by atoms with Crippen LogP contribution in [0.25, 0.3) is 11.0 Å². The Labute approximate surface area is 133 Å². The number of aromatic nitrogens is 5. The maximum Gasteiger partial charge on any atom is 0.271 e. The maximum atomic E-state index is 12.5. The van der Waals surface area contributed by atoms with E-state index in [1.54, 1.807) is 11.0 Å². The van der Waals surface area contributed by atoms with Gasteiger partial charge in [-0.25, -0.2) is 9.97 Å². The van der Waals surface area contributed by atoms with Crippen molar-refractivity contribution in [3.05, 3.63) is 48.8 Å². The predicted molar refractivity (Wildman–Crippen MR) is 85.7 cm³/mol. The first-order chi connectivity index (χ1) is 11.1. The highest BCUT2D eigenvalue weighted by Crippen LogP contribution is 2.10. The minimum atomic E-state index is -0.234. The molecule has 0 bridgehead atoms. The van der Waals surface area contributed by atoms with Crippen molar-refractivity contribution in [3.8, 4) is 0 Å². The summed E-state index contributed by atoms with van der Waals surface area (Å²) < 4.78 is 1.71. The van der Waals surface area contributed by atoms with E-state index in [1.165, 1.54) is 12.5 Å². The van der Waals surface area contributed by atoms with E-state index in [2.05, 4.69) is 25.4 Å². The van der Waals surface area contributed by atoms with E-state index in [4.69, 9.17) is 0 Å². The second-order valence-corrected chi connectivity index (χ2v) is 5.69. The number of hydrogen-bond acceptors (Lipinski definition) is 5. The van der Waals surface area contributed by atoms with Gasteiger partial charge < -0.3 is 5.32 Å². The smallest absolute Gasteiger partial charge is 0.271 e. The molecular formula is C16H18N6O. The molecule has 23 heavy (non-hydrogen) atoms. The van der Waals surface area contributed by atoms with Crippen molar-refractivity contribution in [1.82, 2.24) is 30.0 Å². The van der Waals surface area contributed by atoms with E-state index in [0.717, 1.165) is 5.52 Å². The second-order valence-electron chi connectivity index (χ2n) is 5.69. The first-order valence-corrected chi connectivity index (χ1v) is 7.48. The van der Waals surface area contributed by atoms with Gasteiger partial charge in [-0.15, -0.1) is 0 Å².